The molecule has 33 heavy (non-hydrogen) atoms. The molecule has 7 heteroatoms. The van der Waals surface area contributed by atoms with E-state index in [2.05, 4.69) is 0 Å². The molecule has 0 unspecified atom stereocenters. The lowest BCUT2D eigenvalue weighted by atomic mass is 9.13. The third kappa shape index (κ3) is 4.27. The zero-order valence-corrected chi connectivity index (χ0v) is 17.2. The van der Waals surface area contributed by atoms with E-state index in [-0.39, 0.29) is 11.5 Å². The van der Waals surface area contributed by atoms with Crippen LogP contribution in [-0.4, -0.2) is 6.15 Å². The van der Waals surface area contributed by atoms with E-state index in [9.17, 15) is 26.3 Å². The van der Waals surface area contributed by atoms with Crippen molar-refractivity contribution in [2.45, 2.75) is 12.4 Å². The minimum absolute atomic E-state index is 0.0549. The highest BCUT2D eigenvalue weighted by molar-refractivity contribution is 7.19. The lowest BCUT2D eigenvalue weighted by Gasteiger charge is -2.44. The molecular weight excluding hydrogens is 437 g/mol. The maximum Gasteiger partial charge on any atom is 0.416 e. The van der Waals surface area contributed by atoms with Crippen LogP contribution in [0.15, 0.2) is 109 Å². The Bertz CT molecular complexity index is 1090. The van der Waals surface area contributed by atoms with E-state index in [4.69, 9.17) is 0 Å². The lowest BCUT2D eigenvalue weighted by molar-refractivity contribution is -0.142. The molecule has 0 spiro atoms. The van der Waals surface area contributed by atoms with Crippen LogP contribution in [0.1, 0.15) is 11.1 Å². The molecule has 0 aliphatic heterocycles. The first-order chi connectivity index (χ1) is 15.6. The van der Waals surface area contributed by atoms with Gasteiger partial charge < -0.3 is 0 Å². The molecule has 0 aliphatic carbocycles. The Morgan fingerprint density at radius 3 is 0.970 bits per heavy atom. The highest BCUT2D eigenvalue weighted by Crippen LogP contribution is 2.35. The molecule has 0 aliphatic rings. The molecule has 0 bridgehead atoms. The van der Waals surface area contributed by atoms with Gasteiger partial charge in [0.2, 0.25) is 0 Å². The normalized spacial score (nSPS) is 12.5. The van der Waals surface area contributed by atoms with Gasteiger partial charge in [0.05, 0.1) is 11.1 Å². The van der Waals surface area contributed by atoms with Gasteiger partial charge in [0, 0.05) is 0 Å². The van der Waals surface area contributed by atoms with Crippen molar-refractivity contribution in [1.29, 1.82) is 0 Å². The Morgan fingerprint density at radius 2 is 0.697 bits per heavy atom. The van der Waals surface area contributed by atoms with Crippen molar-refractivity contribution >= 4 is 28.0 Å². The van der Waals surface area contributed by atoms with Crippen LogP contribution in [0.25, 0.3) is 0 Å². The number of hydrogen-bond donors (Lipinski definition) is 0. The Hall–Kier alpha value is -3.48. The van der Waals surface area contributed by atoms with Crippen LogP contribution < -0.4 is 21.9 Å². The quantitative estimate of drug-likeness (QED) is 0.297. The maximum absolute atomic E-state index is 13.8. The Kier molecular flexibility index (Phi) is 5.83. The van der Waals surface area contributed by atoms with Crippen molar-refractivity contribution in [3.8, 4) is 0 Å². The van der Waals surface area contributed by atoms with E-state index in [0.717, 1.165) is 12.1 Å². The lowest BCUT2D eigenvalue weighted by Crippen LogP contribution is -2.74. The zero-order valence-electron chi connectivity index (χ0n) is 17.2. The second-order valence-corrected chi connectivity index (χ2v) is 7.94. The van der Waals surface area contributed by atoms with Crippen LogP contribution in [0.2, 0.25) is 0 Å². The van der Waals surface area contributed by atoms with Crippen molar-refractivity contribution in [2.24, 2.45) is 0 Å². The first-order valence-electron chi connectivity index (χ1n) is 10.3. The van der Waals surface area contributed by atoms with Gasteiger partial charge in [-0.1, -0.05) is 103 Å². The Morgan fingerprint density at radius 1 is 0.394 bits per heavy atom. The van der Waals surface area contributed by atoms with Gasteiger partial charge in [-0.25, -0.2) is 0 Å². The molecule has 0 nitrogen and oxygen atoms in total. The largest absolute Gasteiger partial charge is 0.416 e. The van der Waals surface area contributed by atoms with Gasteiger partial charge in [0.25, 0.3) is 0 Å². The topological polar surface area (TPSA) is 0 Å². The van der Waals surface area contributed by atoms with Gasteiger partial charge in [-0.3, -0.25) is 0 Å². The van der Waals surface area contributed by atoms with E-state index >= 15 is 0 Å². The van der Waals surface area contributed by atoms with Gasteiger partial charge in [-0.05, 0) is 6.07 Å². The average molecular weight is 455 g/mol. The van der Waals surface area contributed by atoms with Crippen LogP contribution in [0.3, 0.4) is 0 Å². The summed E-state index contributed by atoms with van der Waals surface area (Å²) in [6.07, 6.45) is -12.2. The van der Waals surface area contributed by atoms with Crippen LogP contribution in [0.4, 0.5) is 26.3 Å². The van der Waals surface area contributed by atoms with Crippen molar-refractivity contribution in [1.82, 2.24) is 0 Å². The van der Waals surface area contributed by atoms with Crippen molar-refractivity contribution in [2.75, 3.05) is 0 Å². The van der Waals surface area contributed by atoms with Gasteiger partial charge in [0.1, 0.15) is 6.15 Å². The summed E-state index contributed by atoms with van der Waals surface area (Å²) in [6.45, 7) is 0. The number of alkyl halides is 6. The van der Waals surface area contributed by atoms with Gasteiger partial charge >= 0.3 is 12.4 Å². The average Bonchev–Trinajstić information content (AvgIpc) is 2.80. The zero-order chi connectivity index (χ0) is 23.7. The molecule has 0 saturated carbocycles. The summed E-state index contributed by atoms with van der Waals surface area (Å²) in [7, 11) is 0. The highest BCUT2D eigenvalue weighted by atomic mass is 19.4. The number of hydrogen-bond acceptors (Lipinski definition) is 0. The summed E-state index contributed by atoms with van der Waals surface area (Å²) in [5.41, 5.74) is -0.879. The number of halogens is 6. The molecule has 0 saturated heterocycles. The minimum atomic E-state index is -4.94. The molecular formula is C26H18BF6-. The predicted molar refractivity (Wildman–Crippen MR) is 120 cm³/mol. The second kappa shape index (κ2) is 8.47. The van der Waals surface area contributed by atoms with Crippen LogP contribution in [0.5, 0.6) is 0 Å². The van der Waals surface area contributed by atoms with Gasteiger partial charge in [-0.2, -0.15) is 48.2 Å². The van der Waals surface area contributed by atoms with Crippen molar-refractivity contribution in [3.05, 3.63) is 120 Å². The van der Waals surface area contributed by atoms with E-state index in [1.165, 1.54) is 0 Å². The summed E-state index contributed by atoms with van der Waals surface area (Å²) in [5.74, 6) is 0. The van der Waals surface area contributed by atoms with Crippen LogP contribution in [-0.2, 0) is 12.4 Å². The fourth-order valence-corrected chi connectivity index (χ4v) is 4.61. The fraction of sp³-hybridized carbons (Fsp3) is 0.0769. The SMILES string of the molecule is FC(F)(F)c1cc([B-](c2ccccc2)(c2ccccc2)c2ccccc2)cc(C(F)(F)F)c1. The Balaban J connectivity index is 2.20. The summed E-state index contributed by atoms with van der Waals surface area (Å²) in [5, 5.41) is 0. The van der Waals surface area contributed by atoms with E-state index < -0.39 is 29.6 Å². The fourth-order valence-electron chi connectivity index (χ4n) is 4.61. The second-order valence-electron chi connectivity index (χ2n) is 7.94. The summed E-state index contributed by atoms with van der Waals surface area (Å²) in [6, 6.07) is 28.0. The van der Waals surface area contributed by atoms with Gasteiger partial charge in [-0.15, -0.1) is 0 Å². The monoisotopic (exact) mass is 455 g/mol. The summed E-state index contributed by atoms with van der Waals surface area (Å²) in [4.78, 5) is 0. The molecule has 168 valence electrons. The maximum atomic E-state index is 13.8. The highest BCUT2D eigenvalue weighted by Gasteiger charge is 2.40. The first-order valence-corrected chi connectivity index (χ1v) is 10.3. The van der Waals surface area contributed by atoms with E-state index in [1.807, 2.05) is 0 Å². The van der Waals surface area contributed by atoms with E-state index in [0.29, 0.717) is 16.4 Å². The Labute approximate surface area is 187 Å². The molecule has 4 aromatic rings. The minimum Gasteiger partial charge on any atom is -0.195 e. The van der Waals surface area contributed by atoms with Crippen molar-refractivity contribution in [3.63, 3.8) is 0 Å². The van der Waals surface area contributed by atoms with Crippen molar-refractivity contribution < 1.29 is 26.3 Å². The molecule has 0 heterocycles. The van der Waals surface area contributed by atoms with Gasteiger partial charge in [0.15, 0.2) is 0 Å². The van der Waals surface area contributed by atoms with Crippen LogP contribution >= 0.6 is 0 Å². The van der Waals surface area contributed by atoms with Crippen LogP contribution in [0, 0.1) is 0 Å². The molecule has 0 fully saturated rings. The molecule has 4 aromatic carbocycles. The first kappa shape index (κ1) is 22.7. The summed E-state index contributed by atoms with van der Waals surface area (Å²) < 4.78 is 82.6. The molecule has 4 rings (SSSR count). The molecule has 0 radical (unpaired) electrons. The number of rotatable bonds is 4. The smallest absolute Gasteiger partial charge is 0.195 e. The number of benzene rings is 4. The standard InChI is InChI=1S/C26H18BF6/c28-25(29,30)19-16-20(26(31,32)33)18-24(17-19)27(21-10-4-1-5-11-21,22-12-6-2-7-13-22)23-14-8-3-9-15-23/h1-18H/q-1. The molecule has 0 atom stereocenters. The summed E-state index contributed by atoms with van der Waals surface area (Å²) >= 11 is 0. The molecule has 0 N–H and O–H groups in total. The predicted octanol–water partition coefficient (Wildman–Crippen LogP) is 5.10. The third-order valence-corrected chi connectivity index (χ3v) is 6.01. The third-order valence-electron chi connectivity index (χ3n) is 6.01. The molecule has 0 aromatic heterocycles. The molecule has 0 amide bonds. The van der Waals surface area contributed by atoms with E-state index in [1.54, 1.807) is 91.0 Å².